The van der Waals surface area contributed by atoms with Crippen LogP contribution in [0.4, 0.5) is 5.82 Å². The van der Waals surface area contributed by atoms with Crippen molar-refractivity contribution in [2.75, 3.05) is 9.74 Å². The molecule has 8 nitrogen and oxygen atoms in total. The molecule has 0 spiro atoms. The molecular formula is C14H18IN3O5. The maximum atomic E-state index is 12.3. The molecule has 0 aliphatic carbocycles. The van der Waals surface area contributed by atoms with Crippen LogP contribution in [0.25, 0.3) is 0 Å². The summed E-state index contributed by atoms with van der Waals surface area (Å²) < 4.78 is 19.8. The van der Waals surface area contributed by atoms with E-state index in [-0.39, 0.29) is 30.0 Å². The lowest BCUT2D eigenvalue weighted by atomic mass is 10.1. The number of hydrogen-bond acceptors (Lipinski definition) is 6. The fraction of sp³-hybridized carbons (Fsp3) is 0.643. The highest BCUT2D eigenvalue weighted by atomic mass is 127. The minimum atomic E-state index is -0.714. The summed E-state index contributed by atoms with van der Waals surface area (Å²) in [5.41, 5.74) is -0.512. The maximum absolute atomic E-state index is 12.3. The molecule has 1 N–H and O–H groups in total. The Bertz CT molecular complexity index is 677. The topological polar surface area (TPSA) is 91.7 Å². The van der Waals surface area contributed by atoms with Gasteiger partial charge in [0.05, 0.1) is 6.10 Å². The molecule has 2 aliphatic rings. The Hall–Kier alpha value is -1.04. The van der Waals surface area contributed by atoms with Gasteiger partial charge in [0.2, 0.25) is 5.91 Å². The predicted octanol–water partition coefficient (Wildman–Crippen LogP) is 1.05. The van der Waals surface area contributed by atoms with E-state index in [4.69, 9.17) is 14.2 Å². The minimum Gasteiger partial charge on any atom is -0.348 e. The Balaban J connectivity index is 1.89. The van der Waals surface area contributed by atoms with Crippen LogP contribution in [0.15, 0.2) is 17.1 Å². The van der Waals surface area contributed by atoms with E-state index in [9.17, 15) is 9.59 Å². The number of aromatic nitrogens is 2. The molecule has 2 saturated heterocycles. The van der Waals surface area contributed by atoms with Gasteiger partial charge in [-0.05, 0) is 19.9 Å². The lowest BCUT2D eigenvalue weighted by molar-refractivity contribution is -0.194. The minimum absolute atomic E-state index is 0.158. The normalized spacial score (nSPS) is 31.8. The smallest absolute Gasteiger partial charge is 0.348 e. The molecule has 0 radical (unpaired) electrons. The van der Waals surface area contributed by atoms with Gasteiger partial charge in [0.15, 0.2) is 12.0 Å². The largest absolute Gasteiger partial charge is 0.351 e. The average molecular weight is 435 g/mol. The van der Waals surface area contributed by atoms with Gasteiger partial charge in [-0.2, -0.15) is 4.98 Å². The molecule has 0 aromatic carbocycles. The molecule has 0 saturated carbocycles. The Morgan fingerprint density at radius 1 is 1.43 bits per heavy atom. The summed E-state index contributed by atoms with van der Waals surface area (Å²) in [6.07, 6.45) is 0.180. The van der Waals surface area contributed by atoms with Gasteiger partial charge in [-0.15, -0.1) is 0 Å². The lowest BCUT2D eigenvalue weighted by Crippen LogP contribution is -2.35. The highest BCUT2D eigenvalue weighted by Gasteiger charge is 2.55. The summed E-state index contributed by atoms with van der Waals surface area (Å²) in [7, 11) is 0. The van der Waals surface area contributed by atoms with Gasteiger partial charge >= 0.3 is 5.69 Å². The van der Waals surface area contributed by atoms with Gasteiger partial charge in [0, 0.05) is 17.5 Å². The quantitative estimate of drug-likeness (QED) is 0.564. The molecule has 2 aliphatic heterocycles. The van der Waals surface area contributed by atoms with E-state index in [2.05, 4.69) is 32.9 Å². The molecule has 9 heteroatoms. The number of halogens is 1. The first-order valence-electron chi connectivity index (χ1n) is 7.24. The monoisotopic (exact) mass is 435 g/mol. The number of alkyl halides is 1. The fourth-order valence-electron chi connectivity index (χ4n) is 2.86. The predicted molar refractivity (Wildman–Crippen MR) is 89.4 cm³/mol. The molecule has 0 bridgehead atoms. The second kappa shape index (κ2) is 6.11. The molecule has 2 fully saturated rings. The molecule has 1 amide bonds. The van der Waals surface area contributed by atoms with Gasteiger partial charge in [-0.3, -0.25) is 9.36 Å². The number of hydrogen-bond donors (Lipinski definition) is 1. The summed E-state index contributed by atoms with van der Waals surface area (Å²) >= 11 is 2.22. The van der Waals surface area contributed by atoms with Gasteiger partial charge in [-0.1, -0.05) is 22.6 Å². The number of fused-ring (bicyclic) bond motifs is 1. The number of amides is 1. The fourth-order valence-corrected chi connectivity index (χ4v) is 3.57. The van der Waals surface area contributed by atoms with Crippen molar-refractivity contribution in [3.63, 3.8) is 0 Å². The second-order valence-corrected chi connectivity index (χ2v) is 6.85. The van der Waals surface area contributed by atoms with Crippen LogP contribution in [0.2, 0.25) is 0 Å². The number of nitrogens with one attached hydrogen (secondary N) is 1. The summed E-state index contributed by atoms with van der Waals surface area (Å²) in [5, 5.41) is 2.48. The highest BCUT2D eigenvalue weighted by Crippen LogP contribution is 2.42. The first-order chi connectivity index (χ1) is 10.8. The summed E-state index contributed by atoms with van der Waals surface area (Å²) in [6, 6.07) is 1.56. The Labute approximate surface area is 146 Å². The summed E-state index contributed by atoms with van der Waals surface area (Å²) in [5.74, 6) is -0.789. The van der Waals surface area contributed by atoms with Crippen LogP contribution < -0.4 is 11.0 Å². The number of carbonyl (C=O) groups excluding carboxylic acids is 1. The standard InChI is InChI=1S/C14H18IN3O5/c1-7(19)16-9-4-5-18(13(20)17-9)12-11-10(8(6-15)21-12)22-14(2,3)23-11/h4-5,8,10-12H,6H2,1-3H3,(H,16,17,19,20)/t8-,10-,11-,12-/m1/s1. The number of ether oxygens (including phenoxy) is 3. The third-order valence-corrected chi connectivity index (χ3v) is 4.55. The van der Waals surface area contributed by atoms with Crippen molar-refractivity contribution in [2.24, 2.45) is 0 Å². The Kier molecular flexibility index (Phi) is 4.47. The van der Waals surface area contributed by atoms with Crippen LogP contribution in [-0.2, 0) is 19.0 Å². The molecule has 1 aromatic rings. The van der Waals surface area contributed by atoms with E-state index >= 15 is 0 Å². The zero-order valence-electron chi connectivity index (χ0n) is 13.0. The molecular weight excluding hydrogens is 417 g/mol. The van der Waals surface area contributed by atoms with E-state index in [0.717, 1.165) is 4.43 Å². The van der Waals surface area contributed by atoms with Crippen molar-refractivity contribution in [2.45, 2.75) is 51.1 Å². The summed E-state index contributed by atoms with van der Waals surface area (Å²) in [6.45, 7) is 5.04. The molecule has 23 heavy (non-hydrogen) atoms. The van der Waals surface area contributed by atoms with E-state index in [1.807, 2.05) is 13.8 Å². The van der Waals surface area contributed by atoms with Crippen molar-refractivity contribution in [1.29, 1.82) is 0 Å². The van der Waals surface area contributed by atoms with E-state index in [1.54, 1.807) is 12.3 Å². The Morgan fingerprint density at radius 2 is 2.13 bits per heavy atom. The lowest BCUT2D eigenvalue weighted by Gasteiger charge is -2.24. The van der Waals surface area contributed by atoms with Crippen LogP contribution in [0.1, 0.15) is 27.0 Å². The van der Waals surface area contributed by atoms with Gasteiger partial charge in [0.1, 0.15) is 18.0 Å². The van der Waals surface area contributed by atoms with Gasteiger partial charge in [0.25, 0.3) is 0 Å². The highest BCUT2D eigenvalue weighted by molar-refractivity contribution is 14.1. The zero-order chi connectivity index (χ0) is 16.8. The van der Waals surface area contributed by atoms with Gasteiger partial charge < -0.3 is 19.5 Å². The molecule has 1 aromatic heterocycles. The molecule has 126 valence electrons. The zero-order valence-corrected chi connectivity index (χ0v) is 15.1. The molecule has 0 unspecified atom stereocenters. The van der Waals surface area contributed by atoms with E-state index < -0.39 is 17.7 Å². The average Bonchev–Trinajstić information content (AvgIpc) is 2.91. The van der Waals surface area contributed by atoms with Crippen molar-refractivity contribution in [3.05, 3.63) is 22.7 Å². The summed E-state index contributed by atoms with van der Waals surface area (Å²) in [4.78, 5) is 27.2. The number of rotatable bonds is 3. The van der Waals surface area contributed by atoms with E-state index in [0.29, 0.717) is 0 Å². The third-order valence-electron chi connectivity index (χ3n) is 3.69. The number of anilines is 1. The maximum Gasteiger partial charge on any atom is 0.351 e. The van der Waals surface area contributed by atoms with Crippen molar-refractivity contribution >= 4 is 34.3 Å². The number of carbonyl (C=O) groups is 1. The SMILES string of the molecule is CC(=O)Nc1ccn([C@@H]2O[C@H](CI)[C@H]3OC(C)(C)O[C@H]32)c(=O)n1. The third kappa shape index (κ3) is 3.28. The van der Waals surface area contributed by atoms with Crippen molar-refractivity contribution in [3.8, 4) is 0 Å². The van der Waals surface area contributed by atoms with Crippen molar-refractivity contribution < 1.29 is 19.0 Å². The van der Waals surface area contributed by atoms with Crippen LogP contribution in [0, 0.1) is 0 Å². The van der Waals surface area contributed by atoms with Crippen LogP contribution in [0.3, 0.4) is 0 Å². The number of nitrogens with zero attached hydrogens (tertiary/aromatic N) is 2. The first-order valence-corrected chi connectivity index (χ1v) is 8.77. The van der Waals surface area contributed by atoms with Crippen LogP contribution >= 0.6 is 22.6 Å². The van der Waals surface area contributed by atoms with Crippen LogP contribution in [0.5, 0.6) is 0 Å². The first kappa shape index (κ1) is 16.8. The van der Waals surface area contributed by atoms with Gasteiger partial charge in [-0.25, -0.2) is 4.79 Å². The molecule has 4 atom stereocenters. The molecule has 3 heterocycles. The molecule has 3 rings (SSSR count). The van der Waals surface area contributed by atoms with Crippen LogP contribution in [-0.4, -0.2) is 44.0 Å². The Morgan fingerprint density at radius 3 is 2.74 bits per heavy atom. The van der Waals surface area contributed by atoms with Crippen molar-refractivity contribution in [1.82, 2.24) is 9.55 Å². The second-order valence-electron chi connectivity index (χ2n) is 5.97. The van der Waals surface area contributed by atoms with E-state index in [1.165, 1.54) is 11.5 Å².